The van der Waals surface area contributed by atoms with E-state index in [0.29, 0.717) is 5.92 Å². The lowest BCUT2D eigenvalue weighted by Crippen LogP contribution is -2.59. The van der Waals surface area contributed by atoms with E-state index < -0.39 is 11.4 Å². The summed E-state index contributed by atoms with van der Waals surface area (Å²) in [6.07, 6.45) is 5.13. The molecule has 3 saturated heterocycles. The van der Waals surface area contributed by atoms with E-state index in [4.69, 9.17) is 19.2 Å². The molecule has 22 heavy (non-hydrogen) atoms. The fraction of sp³-hybridized carbons (Fsp3) is 0.667. The van der Waals surface area contributed by atoms with Gasteiger partial charge in [-0.3, -0.25) is 0 Å². The highest BCUT2D eigenvalue weighted by molar-refractivity contribution is 5.23. The Labute approximate surface area is 131 Å². The third-order valence-electron chi connectivity index (χ3n) is 5.74. The van der Waals surface area contributed by atoms with E-state index in [2.05, 4.69) is 6.92 Å². The van der Waals surface area contributed by atoms with Crippen molar-refractivity contribution in [2.24, 2.45) is 11.8 Å². The first kappa shape index (κ1) is 14.6. The van der Waals surface area contributed by atoms with Crippen molar-refractivity contribution in [3.05, 3.63) is 35.9 Å². The van der Waals surface area contributed by atoms with Crippen molar-refractivity contribution in [1.82, 2.24) is 0 Å². The molecule has 2 unspecified atom stereocenters. The molecule has 4 fully saturated rings. The van der Waals surface area contributed by atoms with Gasteiger partial charge in [-0.2, -0.15) is 4.89 Å². The third kappa shape index (κ3) is 1.91. The van der Waals surface area contributed by atoms with E-state index in [0.717, 1.165) is 31.2 Å². The molecule has 4 heteroatoms. The van der Waals surface area contributed by atoms with Gasteiger partial charge in [0.05, 0.1) is 0 Å². The largest absolute Gasteiger partial charge is 0.353 e. The minimum absolute atomic E-state index is 0.208. The molecule has 1 aromatic rings. The summed E-state index contributed by atoms with van der Waals surface area (Å²) in [6.45, 7) is 2.19. The quantitative estimate of drug-likeness (QED) is 0.780. The zero-order chi connectivity index (χ0) is 15.2. The van der Waals surface area contributed by atoms with Gasteiger partial charge in [0.2, 0.25) is 5.79 Å². The monoisotopic (exact) mass is 304 g/mol. The van der Waals surface area contributed by atoms with Crippen molar-refractivity contribution < 1.29 is 19.2 Å². The number of ether oxygens (including phenoxy) is 2. The van der Waals surface area contributed by atoms with Gasteiger partial charge in [-0.25, -0.2) is 4.89 Å². The van der Waals surface area contributed by atoms with Gasteiger partial charge in [0, 0.05) is 18.6 Å². The van der Waals surface area contributed by atoms with E-state index in [1.807, 2.05) is 30.3 Å². The molecule has 1 aliphatic carbocycles. The lowest BCUT2D eigenvalue weighted by atomic mass is 9.71. The average molecular weight is 304 g/mol. The lowest BCUT2D eigenvalue weighted by Gasteiger charge is -2.50. The van der Waals surface area contributed by atoms with Crippen LogP contribution in [0.25, 0.3) is 0 Å². The molecule has 5 rings (SSSR count). The van der Waals surface area contributed by atoms with E-state index in [9.17, 15) is 0 Å². The van der Waals surface area contributed by atoms with E-state index in [1.165, 1.54) is 6.42 Å². The molecule has 4 nitrogen and oxygen atoms in total. The summed E-state index contributed by atoms with van der Waals surface area (Å²) < 4.78 is 12.2. The number of hydrogen-bond donors (Lipinski definition) is 0. The van der Waals surface area contributed by atoms with Gasteiger partial charge in [0.1, 0.15) is 0 Å². The fourth-order valence-corrected chi connectivity index (χ4v) is 4.53. The Balaban J connectivity index is 1.80. The fourth-order valence-electron chi connectivity index (χ4n) is 4.53. The van der Waals surface area contributed by atoms with Crippen molar-refractivity contribution >= 4 is 0 Å². The van der Waals surface area contributed by atoms with Crippen molar-refractivity contribution in [3.63, 3.8) is 0 Å². The van der Waals surface area contributed by atoms with Gasteiger partial charge in [-0.1, -0.05) is 50.1 Å². The first-order chi connectivity index (χ1) is 10.7. The van der Waals surface area contributed by atoms with Gasteiger partial charge in [0.15, 0.2) is 11.9 Å². The second-order valence-corrected chi connectivity index (χ2v) is 6.92. The molecule has 3 aliphatic heterocycles. The predicted octanol–water partition coefficient (Wildman–Crippen LogP) is 3.76. The minimum Gasteiger partial charge on any atom is -0.353 e. The maximum Gasteiger partial charge on any atom is 0.232 e. The molecule has 0 amide bonds. The molecule has 120 valence electrons. The number of hydrogen-bond acceptors (Lipinski definition) is 4. The smallest absolute Gasteiger partial charge is 0.232 e. The maximum absolute atomic E-state index is 6.44. The molecular formula is C18H24O4. The lowest BCUT2D eigenvalue weighted by molar-refractivity contribution is -0.564. The molecule has 4 aliphatic rings. The van der Waals surface area contributed by atoms with Crippen LogP contribution in [0.5, 0.6) is 0 Å². The average Bonchev–Trinajstić information content (AvgIpc) is 2.77. The van der Waals surface area contributed by atoms with Crippen molar-refractivity contribution in [3.8, 4) is 0 Å². The molecule has 1 saturated carbocycles. The van der Waals surface area contributed by atoms with E-state index in [1.54, 1.807) is 7.11 Å². The normalized spacial score (nSPS) is 44.4. The standard InChI is InChI=1S/C18H24O4/c1-13-12-15-10-6-7-11-17(15)16(19-2)20-18(13,22-21-17)14-8-4-3-5-9-14/h3-5,8-9,13,15-16H,6-7,10-12H2,1-2H3/t13?,15-,16-,17?,18-/m1/s1. The molecular weight excluding hydrogens is 280 g/mol. The number of rotatable bonds is 2. The van der Waals surface area contributed by atoms with Gasteiger partial charge in [0.25, 0.3) is 0 Å². The Hall–Kier alpha value is -0.940. The zero-order valence-corrected chi connectivity index (χ0v) is 13.3. The molecule has 0 aromatic heterocycles. The summed E-state index contributed by atoms with van der Waals surface area (Å²) >= 11 is 0. The Bertz CT molecular complexity index is 533. The Morgan fingerprint density at radius 2 is 1.95 bits per heavy atom. The number of methoxy groups -OCH3 is 1. The Morgan fingerprint density at radius 3 is 2.73 bits per heavy atom. The molecule has 1 spiro atoms. The van der Waals surface area contributed by atoms with Gasteiger partial charge >= 0.3 is 0 Å². The van der Waals surface area contributed by atoms with Crippen LogP contribution in [0, 0.1) is 11.8 Å². The van der Waals surface area contributed by atoms with Crippen LogP contribution in [-0.2, 0) is 25.0 Å². The van der Waals surface area contributed by atoms with Gasteiger partial charge in [-0.15, -0.1) is 0 Å². The van der Waals surface area contributed by atoms with Crippen LogP contribution in [0.3, 0.4) is 0 Å². The highest BCUT2D eigenvalue weighted by atomic mass is 17.3. The summed E-state index contributed by atoms with van der Waals surface area (Å²) in [5.41, 5.74) is 0.550. The second-order valence-electron chi connectivity index (χ2n) is 6.92. The third-order valence-corrected chi connectivity index (χ3v) is 5.74. The summed E-state index contributed by atoms with van der Waals surface area (Å²) in [4.78, 5) is 12.1. The Morgan fingerprint density at radius 1 is 1.14 bits per heavy atom. The van der Waals surface area contributed by atoms with Crippen LogP contribution in [0.2, 0.25) is 0 Å². The van der Waals surface area contributed by atoms with Crippen LogP contribution >= 0.6 is 0 Å². The molecule has 0 radical (unpaired) electrons. The van der Waals surface area contributed by atoms with Gasteiger partial charge in [-0.05, 0) is 25.2 Å². The van der Waals surface area contributed by atoms with Crippen LogP contribution in [-0.4, -0.2) is 19.0 Å². The topological polar surface area (TPSA) is 36.9 Å². The first-order valence-corrected chi connectivity index (χ1v) is 8.34. The molecule has 2 bridgehead atoms. The number of fused-ring (bicyclic) bond motifs is 3. The molecule has 0 N–H and O–H groups in total. The van der Waals surface area contributed by atoms with Gasteiger partial charge < -0.3 is 9.47 Å². The summed E-state index contributed by atoms with van der Waals surface area (Å²) in [6, 6.07) is 10.1. The van der Waals surface area contributed by atoms with Crippen molar-refractivity contribution in [2.45, 2.75) is 56.7 Å². The van der Waals surface area contributed by atoms with Crippen molar-refractivity contribution in [2.75, 3.05) is 7.11 Å². The van der Waals surface area contributed by atoms with Crippen LogP contribution in [0.1, 0.15) is 44.6 Å². The first-order valence-electron chi connectivity index (χ1n) is 8.34. The summed E-state index contributed by atoms with van der Waals surface area (Å²) in [7, 11) is 1.71. The minimum atomic E-state index is -0.871. The van der Waals surface area contributed by atoms with Crippen LogP contribution < -0.4 is 0 Å². The van der Waals surface area contributed by atoms with E-state index >= 15 is 0 Å². The highest BCUT2D eigenvalue weighted by Gasteiger charge is 2.64. The molecule has 1 aromatic carbocycles. The van der Waals surface area contributed by atoms with Crippen LogP contribution in [0.4, 0.5) is 0 Å². The predicted molar refractivity (Wildman–Crippen MR) is 80.6 cm³/mol. The second kappa shape index (κ2) is 5.31. The Kier molecular flexibility index (Phi) is 3.53. The van der Waals surface area contributed by atoms with Crippen molar-refractivity contribution in [1.29, 1.82) is 0 Å². The van der Waals surface area contributed by atoms with E-state index in [-0.39, 0.29) is 12.2 Å². The van der Waals surface area contributed by atoms with Crippen LogP contribution in [0.15, 0.2) is 30.3 Å². The molecule has 5 atom stereocenters. The SMILES string of the molecule is CO[C@@H]1O[C@@]2(c3ccccc3)OOC13CCCC[C@@H]3CC2C. The summed E-state index contributed by atoms with van der Waals surface area (Å²) in [5, 5.41) is 0. The summed E-state index contributed by atoms with van der Waals surface area (Å²) in [5.74, 6) is -0.237. The zero-order valence-electron chi connectivity index (χ0n) is 13.3. The maximum atomic E-state index is 6.44. The number of benzene rings is 1. The molecule has 3 heterocycles. The highest BCUT2D eigenvalue weighted by Crippen LogP contribution is 2.57.